The lowest BCUT2D eigenvalue weighted by Gasteiger charge is -2.38. The number of nitrogens with zero attached hydrogens (tertiary/aromatic N) is 4. The van der Waals surface area contributed by atoms with E-state index in [2.05, 4.69) is 56.5 Å². The maximum absolute atomic E-state index is 12.1. The van der Waals surface area contributed by atoms with Crippen LogP contribution >= 0.6 is 0 Å². The van der Waals surface area contributed by atoms with Crippen molar-refractivity contribution < 1.29 is 9.53 Å². The molecule has 7 nitrogen and oxygen atoms in total. The molecule has 0 unspecified atom stereocenters. The Morgan fingerprint density at radius 2 is 1.81 bits per heavy atom. The van der Waals surface area contributed by atoms with Crippen LogP contribution in [-0.2, 0) is 11.2 Å². The Balaban J connectivity index is 1.61. The van der Waals surface area contributed by atoms with Crippen molar-refractivity contribution in [3.63, 3.8) is 0 Å². The van der Waals surface area contributed by atoms with Crippen molar-refractivity contribution in [2.24, 2.45) is 4.99 Å². The van der Waals surface area contributed by atoms with Crippen molar-refractivity contribution >= 4 is 17.6 Å². The Morgan fingerprint density at radius 1 is 1.06 bits per heavy atom. The minimum Gasteiger partial charge on any atom is -0.497 e. The maximum Gasteiger partial charge on any atom is 0.243 e. The fourth-order valence-corrected chi connectivity index (χ4v) is 3.50. The molecule has 166 valence electrons. The normalized spacial score (nSPS) is 14.4. The van der Waals surface area contributed by atoms with E-state index in [9.17, 15) is 4.79 Å². The predicted molar refractivity (Wildman–Crippen MR) is 126 cm³/mol. The number of piperazine rings is 1. The average molecular weight is 424 g/mol. The zero-order valence-electron chi connectivity index (χ0n) is 18.8. The number of amides is 1. The third-order valence-electron chi connectivity index (χ3n) is 5.40. The molecule has 0 radical (unpaired) electrons. The number of benzene rings is 2. The van der Waals surface area contributed by atoms with Crippen LogP contribution in [0.2, 0.25) is 0 Å². The van der Waals surface area contributed by atoms with Gasteiger partial charge in [0.2, 0.25) is 5.91 Å². The van der Waals surface area contributed by atoms with E-state index in [0.717, 1.165) is 56.5 Å². The SMILES string of the molecule is COc1cccc(N2CCN(C(=NCC(=O)N(C)C)NCCc3ccccc3)CC2)c1. The van der Waals surface area contributed by atoms with Crippen molar-refractivity contribution in [3.05, 3.63) is 60.2 Å². The fraction of sp³-hybridized carbons (Fsp3) is 0.417. The molecule has 0 saturated carbocycles. The summed E-state index contributed by atoms with van der Waals surface area (Å²) < 4.78 is 5.36. The van der Waals surface area contributed by atoms with E-state index in [1.807, 2.05) is 18.2 Å². The molecule has 2 aromatic carbocycles. The third-order valence-corrected chi connectivity index (χ3v) is 5.40. The maximum atomic E-state index is 12.1. The van der Waals surface area contributed by atoms with Crippen LogP contribution in [0.15, 0.2) is 59.6 Å². The van der Waals surface area contributed by atoms with E-state index in [0.29, 0.717) is 0 Å². The number of anilines is 1. The molecule has 1 aliphatic rings. The van der Waals surface area contributed by atoms with Gasteiger partial charge in [-0.1, -0.05) is 36.4 Å². The Bertz CT molecular complexity index is 861. The van der Waals surface area contributed by atoms with Gasteiger partial charge in [-0.2, -0.15) is 0 Å². The Labute approximate surface area is 185 Å². The molecule has 3 rings (SSSR count). The molecule has 2 aromatic rings. The Hall–Kier alpha value is -3.22. The van der Waals surface area contributed by atoms with Crippen LogP contribution < -0.4 is 15.0 Å². The number of ether oxygens (including phenoxy) is 1. The van der Waals surface area contributed by atoms with Crippen LogP contribution in [0.3, 0.4) is 0 Å². The molecule has 0 atom stereocenters. The van der Waals surface area contributed by atoms with E-state index >= 15 is 0 Å². The molecule has 0 spiro atoms. The number of carbonyl (C=O) groups excluding carboxylic acids is 1. The quantitative estimate of drug-likeness (QED) is 0.546. The van der Waals surface area contributed by atoms with Crippen molar-refractivity contribution in [3.8, 4) is 5.75 Å². The van der Waals surface area contributed by atoms with Gasteiger partial charge in [-0.3, -0.25) is 4.79 Å². The summed E-state index contributed by atoms with van der Waals surface area (Å²) in [5.74, 6) is 1.67. The molecule has 1 fully saturated rings. The number of aliphatic imine (C=N–C) groups is 1. The number of guanidine groups is 1. The second kappa shape index (κ2) is 11.2. The van der Waals surface area contributed by atoms with Crippen LogP contribution in [0.5, 0.6) is 5.75 Å². The second-order valence-corrected chi connectivity index (χ2v) is 7.77. The summed E-state index contributed by atoms with van der Waals surface area (Å²) in [5, 5.41) is 3.47. The van der Waals surface area contributed by atoms with E-state index in [-0.39, 0.29) is 12.5 Å². The summed E-state index contributed by atoms with van der Waals surface area (Å²) >= 11 is 0. The molecule has 1 aliphatic heterocycles. The summed E-state index contributed by atoms with van der Waals surface area (Å²) in [6, 6.07) is 18.5. The summed E-state index contributed by atoms with van der Waals surface area (Å²) in [6.45, 7) is 4.36. The zero-order valence-corrected chi connectivity index (χ0v) is 18.8. The summed E-state index contributed by atoms with van der Waals surface area (Å²) in [4.78, 5) is 22.9. The van der Waals surface area contributed by atoms with Crippen molar-refractivity contribution in [2.75, 3.05) is 65.4 Å². The van der Waals surface area contributed by atoms with E-state index < -0.39 is 0 Å². The summed E-state index contributed by atoms with van der Waals surface area (Å²) in [7, 11) is 5.20. The minimum absolute atomic E-state index is 0.00243. The standard InChI is InChI=1S/C24H33N5O2/c1-27(2)23(30)19-26-24(25-13-12-20-8-5-4-6-9-20)29-16-14-28(15-17-29)21-10-7-11-22(18-21)31-3/h4-11,18H,12-17,19H2,1-3H3,(H,25,26). The number of carbonyl (C=O) groups is 1. The van der Waals surface area contributed by atoms with E-state index in [1.165, 1.54) is 5.56 Å². The molecule has 31 heavy (non-hydrogen) atoms. The highest BCUT2D eigenvalue weighted by atomic mass is 16.5. The summed E-state index contributed by atoms with van der Waals surface area (Å²) in [6.07, 6.45) is 0.908. The highest BCUT2D eigenvalue weighted by Gasteiger charge is 2.20. The number of methoxy groups -OCH3 is 1. The van der Waals surface area contributed by atoms with Crippen LogP contribution in [0.4, 0.5) is 5.69 Å². The lowest BCUT2D eigenvalue weighted by atomic mass is 10.1. The molecule has 1 amide bonds. The molecule has 0 aliphatic carbocycles. The highest BCUT2D eigenvalue weighted by molar-refractivity contribution is 5.85. The van der Waals surface area contributed by atoms with Crippen LogP contribution in [0.1, 0.15) is 5.56 Å². The van der Waals surface area contributed by atoms with Crippen LogP contribution in [0.25, 0.3) is 0 Å². The smallest absolute Gasteiger partial charge is 0.243 e. The van der Waals surface area contributed by atoms with Gasteiger partial charge >= 0.3 is 0 Å². The van der Waals surface area contributed by atoms with Gasteiger partial charge in [-0.25, -0.2) is 4.99 Å². The van der Waals surface area contributed by atoms with Gasteiger partial charge in [0.1, 0.15) is 12.3 Å². The monoisotopic (exact) mass is 423 g/mol. The average Bonchev–Trinajstić information content (AvgIpc) is 2.81. The van der Waals surface area contributed by atoms with Gasteiger partial charge < -0.3 is 24.8 Å². The number of likely N-dealkylation sites (N-methyl/N-ethyl adjacent to an activating group) is 1. The first-order valence-corrected chi connectivity index (χ1v) is 10.7. The van der Waals surface area contributed by atoms with E-state index in [1.54, 1.807) is 26.1 Å². The Morgan fingerprint density at radius 3 is 2.48 bits per heavy atom. The first-order valence-electron chi connectivity index (χ1n) is 10.7. The fourth-order valence-electron chi connectivity index (χ4n) is 3.50. The summed E-state index contributed by atoms with van der Waals surface area (Å²) in [5.41, 5.74) is 2.44. The van der Waals surface area contributed by atoms with Crippen LogP contribution in [-0.4, -0.2) is 82.1 Å². The van der Waals surface area contributed by atoms with E-state index in [4.69, 9.17) is 4.74 Å². The first-order chi connectivity index (χ1) is 15.1. The van der Waals surface area contributed by atoms with Gasteiger partial charge in [-0.05, 0) is 24.1 Å². The molecule has 0 bridgehead atoms. The molecule has 1 saturated heterocycles. The molecule has 0 aromatic heterocycles. The number of hydrogen-bond donors (Lipinski definition) is 1. The van der Waals surface area contributed by atoms with Gasteiger partial charge in [0.15, 0.2) is 5.96 Å². The minimum atomic E-state index is -0.00243. The third kappa shape index (κ3) is 6.64. The van der Waals surface area contributed by atoms with Crippen molar-refractivity contribution in [2.45, 2.75) is 6.42 Å². The van der Waals surface area contributed by atoms with Gasteiger partial charge in [0, 0.05) is 58.6 Å². The molecule has 7 heteroatoms. The lowest BCUT2D eigenvalue weighted by Crippen LogP contribution is -2.53. The van der Waals surface area contributed by atoms with Gasteiger partial charge in [0.05, 0.1) is 7.11 Å². The number of rotatable bonds is 7. The molecule has 1 N–H and O–H groups in total. The first kappa shape index (κ1) is 22.5. The topological polar surface area (TPSA) is 60.4 Å². The predicted octanol–water partition coefficient (Wildman–Crippen LogP) is 2.09. The van der Waals surface area contributed by atoms with Crippen molar-refractivity contribution in [1.82, 2.24) is 15.1 Å². The lowest BCUT2D eigenvalue weighted by molar-refractivity contribution is -0.127. The molecule has 1 heterocycles. The van der Waals surface area contributed by atoms with Gasteiger partial charge in [-0.15, -0.1) is 0 Å². The number of hydrogen-bond acceptors (Lipinski definition) is 4. The second-order valence-electron chi connectivity index (χ2n) is 7.77. The van der Waals surface area contributed by atoms with Crippen LogP contribution in [0, 0.1) is 0 Å². The number of nitrogens with one attached hydrogen (secondary N) is 1. The molecular formula is C24H33N5O2. The highest BCUT2D eigenvalue weighted by Crippen LogP contribution is 2.22. The zero-order chi connectivity index (χ0) is 22.1. The van der Waals surface area contributed by atoms with Crippen molar-refractivity contribution in [1.29, 1.82) is 0 Å². The Kier molecular flexibility index (Phi) is 8.15. The van der Waals surface area contributed by atoms with Gasteiger partial charge in [0.25, 0.3) is 0 Å². The molecular weight excluding hydrogens is 390 g/mol. The largest absolute Gasteiger partial charge is 0.497 e.